The molecule has 0 aromatic rings. The Morgan fingerprint density at radius 1 is 0.659 bits per heavy atom. The lowest BCUT2D eigenvalue weighted by Gasteiger charge is -2.38. The number of carbonyl (C=O) groups is 4. The van der Waals surface area contributed by atoms with Gasteiger partial charge in [0.05, 0.1) is 36.1 Å². The molecule has 0 spiro atoms. The van der Waals surface area contributed by atoms with E-state index in [4.69, 9.17) is 25.5 Å². The van der Waals surface area contributed by atoms with Crippen molar-refractivity contribution in [2.24, 2.45) is 5.73 Å². The normalized spacial score (nSPS) is 23.4. The maximum absolute atomic E-state index is 12.8. The van der Waals surface area contributed by atoms with Crippen molar-refractivity contribution in [3.63, 3.8) is 0 Å². The lowest BCUT2D eigenvalue weighted by molar-refractivity contribution is -0.193. The third-order valence-electron chi connectivity index (χ3n) is 6.81. The van der Waals surface area contributed by atoms with E-state index in [0.29, 0.717) is 0 Å². The summed E-state index contributed by atoms with van der Waals surface area (Å²) < 4.78 is 110. The Morgan fingerprint density at radius 3 is 1.18 bits per heavy atom. The van der Waals surface area contributed by atoms with Crippen LogP contribution in [0.5, 0.6) is 0 Å². The summed E-state index contributed by atoms with van der Waals surface area (Å²) >= 11 is 0. The zero-order valence-electron chi connectivity index (χ0n) is 23.2. The number of halogens is 6. The van der Waals surface area contributed by atoms with E-state index in [1.165, 1.54) is 0 Å². The maximum Gasteiger partial charge on any atom is 0.490 e. The van der Waals surface area contributed by atoms with Crippen molar-refractivity contribution in [3.8, 4) is 0 Å². The number of nitrogens with zero attached hydrogens (tertiary/aromatic N) is 3. The zero-order chi connectivity index (χ0) is 34.1. The van der Waals surface area contributed by atoms with Crippen LogP contribution in [-0.4, -0.2) is 152 Å². The monoisotopic (exact) mass is 692 g/mol. The molecule has 1 saturated carbocycles. The molecule has 256 valence electrons. The van der Waals surface area contributed by atoms with Gasteiger partial charge in [-0.3, -0.25) is 14.5 Å². The van der Waals surface area contributed by atoms with Crippen molar-refractivity contribution in [1.29, 1.82) is 0 Å². The molecule has 0 aromatic heterocycles. The minimum atomic E-state index is -5.08. The SMILES string of the molecule is NC1CCC(N(CC(=O)N2CCS(=O)(=O)CC2)CC(=O)N2CCS(=O)(=O)CC2)CC1.O=C(O)C(F)(F)F.O=C(O)C(F)(F)F. The molecule has 2 amide bonds. The highest BCUT2D eigenvalue weighted by atomic mass is 32.2. The lowest BCUT2D eigenvalue weighted by Crippen LogP contribution is -2.54. The third-order valence-corrected chi connectivity index (χ3v) is 10.0. The summed E-state index contributed by atoms with van der Waals surface area (Å²) in [5, 5.41) is 14.2. The van der Waals surface area contributed by atoms with E-state index in [-0.39, 0.29) is 86.2 Å². The number of amides is 2. The number of nitrogens with two attached hydrogens (primary N) is 1. The second-order valence-corrected chi connectivity index (χ2v) is 14.8. The van der Waals surface area contributed by atoms with Gasteiger partial charge in [-0.15, -0.1) is 0 Å². The molecule has 3 rings (SSSR count). The summed E-state index contributed by atoms with van der Waals surface area (Å²) in [6, 6.07) is 0.189. The van der Waals surface area contributed by atoms with Crippen LogP contribution in [0.2, 0.25) is 0 Å². The number of carboxylic acid groups (broad SMARTS) is 2. The molecular formula is C22H34F6N4O10S2. The van der Waals surface area contributed by atoms with E-state index < -0.39 is 44.0 Å². The Morgan fingerprint density at radius 2 is 0.932 bits per heavy atom. The number of aliphatic carboxylic acids is 2. The van der Waals surface area contributed by atoms with Crippen LogP contribution >= 0.6 is 0 Å². The molecule has 2 heterocycles. The van der Waals surface area contributed by atoms with Gasteiger partial charge < -0.3 is 25.7 Å². The minimum absolute atomic E-state index is 0.0296. The standard InChI is InChI=1S/C18H32N4O6S2.2C2HF3O2/c19-15-1-3-16(4-2-15)22(13-17(23)20-5-9-29(25,26)10-6-20)14-18(24)21-7-11-30(27,28)12-8-21;2*3-2(4,5)1(6)7/h15-16H,1-14,19H2;2*(H,6,7). The Kier molecular flexibility index (Phi) is 14.3. The fourth-order valence-electron chi connectivity index (χ4n) is 4.25. The van der Waals surface area contributed by atoms with Crippen molar-refractivity contribution in [3.05, 3.63) is 0 Å². The Labute approximate surface area is 248 Å². The highest BCUT2D eigenvalue weighted by molar-refractivity contribution is 7.91. The molecule has 14 nitrogen and oxygen atoms in total. The van der Waals surface area contributed by atoms with Crippen molar-refractivity contribution in [1.82, 2.24) is 14.7 Å². The molecule has 2 saturated heterocycles. The van der Waals surface area contributed by atoms with Crippen molar-refractivity contribution < 1.29 is 72.6 Å². The highest BCUT2D eigenvalue weighted by Crippen LogP contribution is 2.23. The fraction of sp³-hybridized carbons (Fsp3) is 0.818. The van der Waals surface area contributed by atoms with E-state index in [1.54, 1.807) is 9.80 Å². The van der Waals surface area contributed by atoms with Gasteiger partial charge in [-0.05, 0) is 25.7 Å². The van der Waals surface area contributed by atoms with Gasteiger partial charge in [-0.25, -0.2) is 26.4 Å². The van der Waals surface area contributed by atoms with Crippen LogP contribution in [0.15, 0.2) is 0 Å². The molecule has 44 heavy (non-hydrogen) atoms. The molecule has 3 fully saturated rings. The summed E-state index contributed by atoms with van der Waals surface area (Å²) in [5.41, 5.74) is 6.00. The second kappa shape index (κ2) is 16.0. The number of carboxylic acids is 2. The van der Waals surface area contributed by atoms with Gasteiger partial charge in [-0.2, -0.15) is 26.3 Å². The number of hydrogen-bond donors (Lipinski definition) is 3. The van der Waals surface area contributed by atoms with E-state index in [0.717, 1.165) is 25.7 Å². The maximum atomic E-state index is 12.8. The number of alkyl halides is 6. The van der Waals surface area contributed by atoms with Crippen molar-refractivity contribution in [2.75, 3.05) is 62.3 Å². The number of carbonyl (C=O) groups excluding carboxylic acids is 2. The largest absolute Gasteiger partial charge is 0.490 e. The molecule has 4 N–H and O–H groups in total. The highest BCUT2D eigenvalue weighted by Gasteiger charge is 2.39. The summed E-state index contributed by atoms with van der Waals surface area (Å²) in [5.74, 6) is -5.98. The molecule has 22 heteroatoms. The van der Waals surface area contributed by atoms with Crippen LogP contribution in [-0.2, 0) is 38.9 Å². The van der Waals surface area contributed by atoms with Gasteiger partial charge in [0.15, 0.2) is 19.7 Å². The van der Waals surface area contributed by atoms with Crippen molar-refractivity contribution >= 4 is 43.4 Å². The van der Waals surface area contributed by atoms with Gasteiger partial charge in [0.2, 0.25) is 11.8 Å². The van der Waals surface area contributed by atoms with Crippen LogP contribution in [0.4, 0.5) is 26.3 Å². The van der Waals surface area contributed by atoms with Crippen LogP contribution in [0.3, 0.4) is 0 Å². The molecular weight excluding hydrogens is 658 g/mol. The van der Waals surface area contributed by atoms with Crippen LogP contribution < -0.4 is 5.73 Å². The summed E-state index contributed by atoms with van der Waals surface area (Å²) in [4.78, 5) is 48.4. The van der Waals surface area contributed by atoms with Gasteiger partial charge in [0, 0.05) is 38.3 Å². The van der Waals surface area contributed by atoms with E-state index in [1.807, 2.05) is 4.90 Å². The first-order valence-electron chi connectivity index (χ1n) is 13.0. The van der Waals surface area contributed by atoms with E-state index in [9.17, 15) is 52.8 Å². The summed E-state index contributed by atoms with van der Waals surface area (Å²) in [6.45, 7) is 0.839. The number of sulfone groups is 2. The molecule has 2 aliphatic heterocycles. The molecule has 3 aliphatic rings. The quantitative estimate of drug-likeness (QED) is 0.307. The Balaban J connectivity index is 0.000000574. The van der Waals surface area contributed by atoms with Crippen LogP contribution in [0.1, 0.15) is 25.7 Å². The first kappa shape index (κ1) is 39.3. The summed E-state index contributed by atoms with van der Waals surface area (Å²) in [6.07, 6.45) is -6.92. The smallest absolute Gasteiger partial charge is 0.475 e. The first-order valence-corrected chi connectivity index (χ1v) is 16.6. The topological polar surface area (TPSA) is 213 Å². The average Bonchev–Trinajstić information content (AvgIpc) is 2.88. The summed E-state index contributed by atoms with van der Waals surface area (Å²) in [7, 11) is -6.16. The molecule has 0 bridgehead atoms. The molecule has 0 aromatic carbocycles. The predicted octanol–water partition coefficient (Wildman–Crippen LogP) is -0.661. The number of hydrogen-bond acceptors (Lipinski definition) is 10. The van der Waals surface area contributed by atoms with Gasteiger partial charge in [0.1, 0.15) is 0 Å². The zero-order valence-corrected chi connectivity index (χ0v) is 24.9. The van der Waals surface area contributed by atoms with Crippen LogP contribution in [0, 0.1) is 0 Å². The van der Waals surface area contributed by atoms with Crippen LogP contribution in [0.25, 0.3) is 0 Å². The third kappa shape index (κ3) is 14.4. The predicted molar refractivity (Wildman–Crippen MR) is 140 cm³/mol. The van der Waals surface area contributed by atoms with Gasteiger partial charge >= 0.3 is 24.3 Å². The number of rotatable bonds is 5. The van der Waals surface area contributed by atoms with Gasteiger partial charge in [0.25, 0.3) is 0 Å². The second-order valence-electron chi connectivity index (χ2n) is 10.1. The minimum Gasteiger partial charge on any atom is -0.475 e. The Bertz CT molecular complexity index is 1120. The first-order chi connectivity index (χ1) is 19.9. The van der Waals surface area contributed by atoms with Gasteiger partial charge in [-0.1, -0.05) is 0 Å². The average molecular weight is 693 g/mol. The van der Waals surface area contributed by atoms with Crippen molar-refractivity contribution in [2.45, 2.75) is 50.1 Å². The lowest BCUT2D eigenvalue weighted by atomic mass is 9.90. The molecule has 0 radical (unpaired) electrons. The molecule has 0 atom stereocenters. The Hall–Kier alpha value is -2.72. The molecule has 1 aliphatic carbocycles. The van der Waals surface area contributed by atoms with E-state index >= 15 is 0 Å². The fourth-order valence-corrected chi connectivity index (χ4v) is 6.65. The van der Waals surface area contributed by atoms with E-state index in [2.05, 4.69) is 0 Å². The molecule has 0 unspecified atom stereocenters.